The van der Waals surface area contributed by atoms with Crippen molar-refractivity contribution in [3.8, 4) is 6.07 Å². The van der Waals surface area contributed by atoms with Crippen molar-refractivity contribution in [1.82, 2.24) is 0 Å². The van der Waals surface area contributed by atoms with E-state index in [1.807, 2.05) is 6.07 Å². The summed E-state index contributed by atoms with van der Waals surface area (Å²) < 4.78 is 39.0. The van der Waals surface area contributed by atoms with E-state index in [0.717, 1.165) is 0 Å². The van der Waals surface area contributed by atoms with Crippen molar-refractivity contribution in [2.75, 3.05) is 18.5 Å². The summed E-state index contributed by atoms with van der Waals surface area (Å²) in [7, 11) is 0. The van der Waals surface area contributed by atoms with E-state index in [2.05, 4.69) is 20.7 Å². The maximum Gasteiger partial charge on any atom is 0.411 e. The van der Waals surface area contributed by atoms with Crippen LogP contribution >= 0.6 is 15.9 Å². The van der Waals surface area contributed by atoms with E-state index in [1.54, 1.807) is 0 Å². The van der Waals surface area contributed by atoms with E-state index in [-0.39, 0.29) is 12.5 Å². The van der Waals surface area contributed by atoms with Crippen molar-refractivity contribution >= 4 is 15.9 Å². The van der Waals surface area contributed by atoms with Crippen LogP contribution in [0.15, 0.2) is 0 Å². The van der Waals surface area contributed by atoms with Gasteiger partial charge in [0.2, 0.25) is 0 Å². The van der Waals surface area contributed by atoms with Gasteiger partial charge in [0.05, 0.1) is 12.0 Å². The molecular weight excluding hydrogens is 251 g/mol. The molecule has 0 aliphatic carbocycles. The molecule has 0 fully saturated rings. The lowest BCUT2D eigenvalue weighted by Crippen LogP contribution is -2.18. The lowest BCUT2D eigenvalue weighted by atomic mass is 10.1. The average molecular weight is 260 g/mol. The van der Waals surface area contributed by atoms with Crippen LogP contribution in [0.4, 0.5) is 13.2 Å². The molecule has 76 valence electrons. The van der Waals surface area contributed by atoms with Gasteiger partial charge in [-0.05, 0) is 6.42 Å². The van der Waals surface area contributed by atoms with Gasteiger partial charge in [-0.1, -0.05) is 15.9 Å². The predicted octanol–water partition coefficient (Wildman–Crippen LogP) is 2.49. The molecule has 2 nitrogen and oxygen atoms in total. The largest absolute Gasteiger partial charge is 0.411 e. The monoisotopic (exact) mass is 259 g/mol. The second-order valence-corrected chi connectivity index (χ2v) is 3.08. The second kappa shape index (κ2) is 6.22. The Hall–Kier alpha value is -0.280. The molecule has 0 aromatic heterocycles. The summed E-state index contributed by atoms with van der Waals surface area (Å²) in [6.45, 7) is -1.28. The first-order chi connectivity index (χ1) is 5.99. The number of hydrogen-bond acceptors (Lipinski definition) is 2. The van der Waals surface area contributed by atoms with Gasteiger partial charge in [0, 0.05) is 11.9 Å². The zero-order chi connectivity index (χ0) is 10.3. The first-order valence-corrected chi connectivity index (χ1v) is 4.72. The highest BCUT2D eigenvalue weighted by Gasteiger charge is 2.27. The fourth-order valence-corrected chi connectivity index (χ4v) is 1.06. The standard InChI is InChI=1S/C7H9BrF3NO/c8-3-6(4-12)1-2-13-5-7(9,10)11/h6H,1-3,5H2. The first kappa shape index (κ1) is 12.7. The van der Waals surface area contributed by atoms with Crippen LogP contribution in [-0.2, 0) is 4.74 Å². The van der Waals surface area contributed by atoms with Gasteiger partial charge >= 0.3 is 6.18 Å². The minimum Gasteiger partial charge on any atom is -0.372 e. The van der Waals surface area contributed by atoms with E-state index in [1.165, 1.54) is 0 Å². The van der Waals surface area contributed by atoms with E-state index >= 15 is 0 Å². The van der Waals surface area contributed by atoms with Crippen LogP contribution in [0.5, 0.6) is 0 Å². The Labute approximate surface area is 82.8 Å². The highest BCUT2D eigenvalue weighted by Crippen LogP contribution is 2.15. The molecule has 0 heterocycles. The van der Waals surface area contributed by atoms with Gasteiger partial charge in [0.15, 0.2) is 0 Å². The summed E-state index contributed by atoms with van der Waals surface area (Å²) in [5, 5.41) is 8.88. The summed E-state index contributed by atoms with van der Waals surface area (Å²) in [5.41, 5.74) is 0. The third-order valence-electron chi connectivity index (χ3n) is 1.25. The molecule has 13 heavy (non-hydrogen) atoms. The Bertz CT molecular complexity index is 178. The zero-order valence-electron chi connectivity index (χ0n) is 6.77. The highest BCUT2D eigenvalue weighted by molar-refractivity contribution is 9.09. The van der Waals surface area contributed by atoms with Crippen LogP contribution in [0.1, 0.15) is 6.42 Å². The van der Waals surface area contributed by atoms with Gasteiger partial charge < -0.3 is 4.74 Å². The van der Waals surface area contributed by atoms with Crippen LogP contribution in [0, 0.1) is 17.2 Å². The lowest BCUT2D eigenvalue weighted by molar-refractivity contribution is -0.174. The molecule has 0 bridgehead atoms. The Balaban J connectivity index is 3.41. The number of nitriles is 1. The minimum absolute atomic E-state index is 0.0384. The summed E-state index contributed by atoms with van der Waals surface area (Å²) in [4.78, 5) is 0. The molecule has 1 atom stereocenters. The third kappa shape index (κ3) is 8.06. The first-order valence-electron chi connectivity index (χ1n) is 3.59. The van der Waals surface area contributed by atoms with Crippen molar-refractivity contribution in [3.05, 3.63) is 0 Å². The summed E-state index contributed by atoms with van der Waals surface area (Å²) >= 11 is 3.07. The molecule has 0 aromatic rings. The zero-order valence-corrected chi connectivity index (χ0v) is 8.36. The second-order valence-electron chi connectivity index (χ2n) is 2.44. The molecule has 0 saturated heterocycles. The van der Waals surface area contributed by atoms with Crippen molar-refractivity contribution in [2.45, 2.75) is 12.6 Å². The van der Waals surface area contributed by atoms with Crippen molar-refractivity contribution in [2.24, 2.45) is 5.92 Å². The number of rotatable bonds is 5. The summed E-state index contributed by atoms with van der Waals surface area (Å²) in [5.74, 6) is -0.284. The predicted molar refractivity (Wildman–Crippen MR) is 44.4 cm³/mol. The maximum atomic E-state index is 11.5. The Morgan fingerprint density at radius 2 is 2.08 bits per heavy atom. The van der Waals surface area contributed by atoms with Crippen LogP contribution in [-0.4, -0.2) is 24.7 Å². The van der Waals surface area contributed by atoms with Gasteiger partial charge in [0.25, 0.3) is 0 Å². The quantitative estimate of drug-likeness (QED) is 0.562. The molecule has 0 aromatic carbocycles. The fourth-order valence-electron chi connectivity index (χ4n) is 0.590. The SMILES string of the molecule is N#CC(CBr)CCOCC(F)(F)F. The molecule has 0 aliphatic rings. The fraction of sp³-hybridized carbons (Fsp3) is 0.857. The maximum absolute atomic E-state index is 11.5. The summed E-state index contributed by atoms with van der Waals surface area (Å²) in [6.07, 6.45) is -3.96. The molecule has 0 rings (SSSR count). The number of halogens is 4. The van der Waals surface area contributed by atoms with E-state index in [9.17, 15) is 13.2 Å². The van der Waals surface area contributed by atoms with Gasteiger partial charge in [-0.25, -0.2) is 0 Å². The Morgan fingerprint density at radius 1 is 1.46 bits per heavy atom. The number of ether oxygens (including phenoxy) is 1. The van der Waals surface area contributed by atoms with Crippen LogP contribution < -0.4 is 0 Å². The summed E-state index contributed by atoms with van der Waals surface area (Å²) in [6, 6.07) is 1.94. The van der Waals surface area contributed by atoms with Gasteiger partial charge in [-0.2, -0.15) is 18.4 Å². The molecular formula is C7H9BrF3NO. The molecule has 0 aliphatic heterocycles. The third-order valence-corrected chi connectivity index (χ3v) is 2.03. The van der Waals surface area contributed by atoms with Gasteiger partial charge in [-0.15, -0.1) is 0 Å². The number of hydrogen-bond donors (Lipinski definition) is 0. The Morgan fingerprint density at radius 3 is 2.46 bits per heavy atom. The normalized spacial score (nSPS) is 13.8. The molecule has 1 unspecified atom stereocenters. The van der Waals surface area contributed by atoms with Gasteiger partial charge in [0.1, 0.15) is 6.61 Å². The highest BCUT2D eigenvalue weighted by atomic mass is 79.9. The van der Waals surface area contributed by atoms with E-state index in [0.29, 0.717) is 11.8 Å². The smallest absolute Gasteiger partial charge is 0.372 e. The van der Waals surface area contributed by atoms with Crippen LogP contribution in [0.25, 0.3) is 0 Å². The van der Waals surface area contributed by atoms with Crippen molar-refractivity contribution < 1.29 is 17.9 Å². The molecule has 0 amide bonds. The Kier molecular flexibility index (Phi) is 6.08. The average Bonchev–Trinajstić information content (AvgIpc) is 2.03. The topological polar surface area (TPSA) is 33.0 Å². The van der Waals surface area contributed by atoms with Crippen LogP contribution in [0.2, 0.25) is 0 Å². The lowest BCUT2D eigenvalue weighted by Gasteiger charge is -2.08. The van der Waals surface area contributed by atoms with Crippen molar-refractivity contribution in [3.63, 3.8) is 0 Å². The molecule has 0 saturated carbocycles. The molecule has 0 radical (unpaired) electrons. The molecule has 0 spiro atoms. The van der Waals surface area contributed by atoms with Crippen molar-refractivity contribution in [1.29, 1.82) is 5.26 Å². The molecule has 6 heteroatoms. The van der Waals surface area contributed by atoms with E-state index in [4.69, 9.17) is 5.26 Å². The number of alkyl halides is 4. The molecule has 0 N–H and O–H groups in total. The van der Waals surface area contributed by atoms with Gasteiger partial charge in [-0.3, -0.25) is 0 Å². The van der Waals surface area contributed by atoms with E-state index < -0.39 is 12.8 Å². The van der Waals surface area contributed by atoms with Crippen LogP contribution in [0.3, 0.4) is 0 Å². The minimum atomic E-state index is -4.28. The number of nitrogens with zero attached hydrogens (tertiary/aromatic N) is 1.